The van der Waals surface area contributed by atoms with Crippen molar-refractivity contribution in [1.82, 2.24) is 0 Å². The Hall–Kier alpha value is -2.44. The maximum atomic E-state index is 12.8. The molecule has 0 aliphatic carbocycles. The Bertz CT molecular complexity index is 1300. The van der Waals surface area contributed by atoms with Crippen LogP contribution in [0.5, 0.6) is 0 Å². The third kappa shape index (κ3) is 4.99. The molecule has 0 bridgehead atoms. The molecule has 1 fully saturated rings. The van der Waals surface area contributed by atoms with Crippen LogP contribution in [-0.2, 0) is 34.5 Å². The highest BCUT2D eigenvalue weighted by Crippen LogP contribution is 2.27. The van der Waals surface area contributed by atoms with Crippen LogP contribution in [0.25, 0.3) is 0 Å². The molecule has 0 spiro atoms. The fourth-order valence-electron chi connectivity index (χ4n) is 3.09. The number of amides is 1. The maximum absolute atomic E-state index is 12.8. The summed E-state index contributed by atoms with van der Waals surface area (Å²) < 4.78 is 76.7. The van der Waals surface area contributed by atoms with E-state index < -0.39 is 40.7 Å². The van der Waals surface area contributed by atoms with Crippen molar-refractivity contribution >= 4 is 47.0 Å². The molecule has 2 aromatic rings. The molecular formula is C18H20N2O7S3. The molecule has 2 N–H and O–H groups in total. The third-order valence-electron chi connectivity index (χ3n) is 4.51. The Balaban J connectivity index is 1.89. The van der Waals surface area contributed by atoms with Crippen LogP contribution in [0.15, 0.2) is 58.3 Å². The van der Waals surface area contributed by atoms with E-state index in [1.807, 2.05) is 0 Å². The average Bonchev–Trinajstić information content (AvgIpc) is 3.02. The Labute approximate surface area is 175 Å². The van der Waals surface area contributed by atoms with Gasteiger partial charge in [-0.1, -0.05) is 12.1 Å². The van der Waals surface area contributed by atoms with Gasteiger partial charge in [0, 0.05) is 12.6 Å². The van der Waals surface area contributed by atoms with Gasteiger partial charge < -0.3 is 5.32 Å². The summed E-state index contributed by atoms with van der Waals surface area (Å²) in [4.78, 5) is 10.6. The van der Waals surface area contributed by atoms with Gasteiger partial charge in [-0.25, -0.2) is 25.3 Å². The van der Waals surface area contributed by atoms with Crippen molar-refractivity contribution in [2.24, 2.45) is 0 Å². The van der Waals surface area contributed by atoms with Gasteiger partial charge in [0.05, 0.1) is 32.2 Å². The van der Waals surface area contributed by atoms with E-state index in [0.717, 1.165) is 6.07 Å². The van der Waals surface area contributed by atoms with Crippen LogP contribution in [0, 0.1) is 0 Å². The molecule has 0 radical (unpaired) electrons. The molecule has 1 heterocycles. The van der Waals surface area contributed by atoms with Crippen molar-refractivity contribution in [3.05, 3.63) is 48.5 Å². The number of hydrogen-bond acceptors (Lipinski definition) is 7. The first-order chi connectivity index (χ1) is 13.9. The number of sulfonamides is 1. The van der Waals surface area contributed by atoms with Crippen molar-refractivity contribution in [3.8, 4) is 0 Å². The SMILES string of the molecule is CC(=O)Nc1cccc(NS(=O)(=O)c2cccc(S(=O)(=O)[C@H]3CCS(=O)(=O)C3)c2)c1. The smallest absolute Gasteiger partial charge is 0.261 e. The van der Waals surface area contributed by atoms with Gasteiger partial charge in [-0.2, -0.15) is 0 Å². The number of anilines is 2. The minimum absolute atomic E-state index is 0.0180. The second-order valence-electron chi connectivity index (χ2n) is 6.91. The zero-order valence-electron chi connectivity index (χ0n) is 15.9. The molecule has 9 nitrogen and oxygen atoms in total. The molecule has 30 heavy (non-hydrogen) atoms. The Kier molecular flexibility index (Phi) is 5.94. The van der Waals surface area contributed by atoms with E-state index in [1.165, 1.54) is 37.3 Å². The summed E-state index contributed by atoms with van der Waals surface area (Å²) in [6, 6.07) is 10.8. The monoisotopic (exact) mass is 472 g/mol. The molecule has 1 aliphatic heterocycles. The van der Waals surface area contributed by atoms with Gasteiger partial charge in [0.25, 0.3) is 10.0 Å². The van der Waals surface area contributed by atoms with Crippen LogP contribution < -0.4 is 10.0 Å². The molecule has 12 heteroatoms. The number of hydrogen-bond donors (Lipinski definition) is 2. The zero-order valence-corrected chi connectivity index (χ0v) is 18.3. The number of benzene rings is 2. The lowest BCUT2D eigenvalue weighted by molar-refractivity contribution is -0.114. The van der Waals surface area contributed by atoms with E-state index in [1.54, 1.807) is 12.1 Å². The van der Waals surface area contributed by atoms with Crippen LogP contribution in [0.1, 0.15) is 13.3 Å². The summed E-state index contributed by atoms with van der Waals surface area (Å²) in [6.07, 6.45) is -0.0180. The van der Waals surface area contributed by atoms with Crippen molar-refractivity contribution in [1.29, 1.82) is 0 Å². The van der Waals surface area contributed by atoms with Crippen molar-refractivity contribution in [3.63, 3.8) is 0 Å². The zero-order chi connectivity index (χ0) is 22.2. The number of carbonyl (C=O) groups excluding carboxylic acids is 1. The lowest BCUT2D eigenvalue weighted by Crippen LogP contribution is -2.23. The number of carbonyl (C=O) groups is 1. The summed E-state index contributed by atoms with van der Waals surface area (Å²) in [6.45, 7) is 1.32. The Morgan fingerprint density at radius 3 is 2.23 bits per heavy atom. The van der Waals surface area contributed by atoms with Gasteiger partial charge >= 0.3 is 0 Å². The number of rotatable bonds is 6. The van der Waals surface area contributed by atoms with E-state index in [0.29, 0.717) is 5.69 Å². The van der Waals surface area contributed by atoms with E-state index >= 15 is 0 Å². The third-order valence-corrected chi connectivity index (χ3v) is 10.1. The highest BCUT2D eigenvalue weighted by Gasteiger charge is 2.38. The molecule has 0 saturated carbocycles. The topological polar surface area (TPSA) is 144 Å². The first-order valence-corrected chi connectivity index (χ1v) is 13.7. The minimum atomic E-state index is -4.13. The Morgan fingerprint density at radius 2 is 1.60 bits per heavy atom. The normalized spacial score (nSPS) is 18.6. The van der Waals surface area contributed by atoms with Crippen LogP contribution >= 0.6 is 0 Å². The molecule has 0 aromatic heterocycles. The summed E-state index contributed by atoms with van der Waals surface area (Å²) in [5.74, 6) is -0.997. The van der Waals surface area contributed by atoms with Crippen LogP contribution in [0.2, 0.25) is 0 Å². The van der Waals surface area contributed by atoms with Crippen LogP contribution in [0.4, 0.5) is 11.4 Å². The average molecular weight is 473 g/mol. The summed E-state index contributed by atoms with van der Waals surface area (Å²) in [5, 5.41) is 1.44. The first-order valence-electron chi connectivity index (χ1n) is 8.84. The van der Waals surface area contributed by atoms with E-state index in [9.17, 15) is 30.0 Å². The predicted molar refractivity (Wildman–Crippen MR) is 112 cm³/mol. The summed E-state index contributed by atoms with van der Waals surface area (Å²) in [7, 11) is -11.6. The summed E-state index contributed by atoms with van der Waals surface area (Å²) >= 11 is 0. The molecule has 1 saturated heterocycles. The maximum Gasteiger partial charge on any atom is 0.261 e. The predicted octanol–water partition coefficient (Wildman–Crippen LogP) is 1.41. The van der Waals surface area contributed by atoms with E-state index in [4.69, 9.17) is 0 Å². The molecule has 1 amide bonds. The Morgan fingerprint density at radius 1 is 0.967 bits per heavy atom. The molecule has 0 unspecified atom stereocenters. The lowest BCUT2D eigenvalue weighted by Gasteiger charge is -2.13. The highest BCUT2D eigenvalue weighted by molar-refractivity contribution is 7.96. The van der Waals surface area contributed by atoms with E-state index in [-0.39, 0.29) is 33.6 Å². The van der Waals surface area contributed by atoms with Crippen molar-refractivity contribution in [2.75, 3.05) is 21.5 Å². The highest BCUT2D eigenvalue weighted by atomic mass is 32.2. The number of nitrogens with one attached hydrogen (secondary N) is 2. The quantitative estimate of drug-likeness (QED) is 0.647. The van der Waals surface area contributed by atoms with Crippen LogP contribution in [0.3, 0.4) is 0 Å². The second-order valence-corrected chi connectivity index (χ2v) is 13.1. The summed E-state index contributed by atoms with van der Waals surface area (Å²) in [5.41, 5.74) is 0.567. The van der Waals surface area contributed by atoms with E-state index in [2.05, 4.69) is 10.0 Å². The van der Waals surface area contributed by atoms with Crippen molar-refractivity contribution < 1.29 is 30.0 Å². The van der Waals surface area contributed by atoms with Gasteiger partial charge in [-0.3, -0.25) is 9.52 Å². The largest absolute Gasteiger partial charge is 0.326 e. The standard InChI is InChI=1S/C18H20N2O7S3/c1-13(21)19-14-4-2-5-15(10-14)20-30(26,27)17-7-3-6-16(11-17)29(24,25)18-8-9-28(22,23)12-18/h2-7,10-11,18,20H,8-9,12H2,1H3,(H,19,21)/t18-/m0/s1. The molecule has 2 aromatic carbocycles. The van der Waals surface area contributed by atoms with Crippen LogP contribution in [-0.4, -0.2) is 47.9 Å². The fraction of sp³-hybridized carbons (Fsp3) is 0.278. The first kappa shape index (κ1) is 22.2. The van der Waals surface area contributed by atoms with Gasteiger partial charge in [0.15, 0.2) is 19.7 Å². The van der Waals surface area contributed by atoms with Gasteiger partial charge in [0.1, 0.15) is 0 Å². The fourth-order valence-corrected chi connectivity index (χ4v) is 8.67. The van der Waals surface area contributed by atoms with Gasteiger partial charge in [-0.05, 0) is 42.8 Å². The molecule has 162 valence electrons. The lowest BCUT2D eigenvalue weighted by atomic mass is 10.3. The second kappa shape index (κ2) is 8.00. The van der Waals surface area contributed by atoms with Gasteiger partial charge in [0.2, 0.25) is 5.91 Å². The molecular weight excluding hydrogens is 452 g/mol. The van der Waals surface area contributed by atoms with Crippen molar-refractivity contribution in [2.45, 2.75) is 28.4 Å². The minimum Gasteiger partial charge on any atom is -0.326 e. The molecule has 1 atom stereocenters. The number of sulfone groups is 2. The molecule has 1 aliphatic rings. The molecule has 3 rings (SSSR count). The van der Waals surface area contributed by atoms with Gasteiger partial charge in [-0.15, -0.1) is 0 Å².